The molecule has 2 aliphatic carbocycles. The summed E-state index contributed by atoms with van der Waals surface area (Å²) in [6.45, 7) is 4.76. The fourth-order valence-electron chi connectivity index (χ4n) is 5.75. The molecule has 0 amide bonds. The quantitative estimate of drug-likeness (QED) is 0.618. The van der Waals surface area contributed by atoms with Gasteiger partial charge >= 0.3 is 5.76 Å². The molecule has 1 aromatic heterocycles. The van der Waals surface area contributed by atoms with Crippen LogP contribution < -0.4 is 5.76 Å². The first kappa shape index (κ1) is 22.6. The molecule has 0 spiro atoms. The van der Waals surface area contributed by atoms with Crippen LogP contribution in [0.3, 0.4) is 0 Å². The number of rotatable bonds is 6. The highest BCUT2D eigenvalue weighted by atomic mass is 32.2. The van der Waals surface area contributed by atoms with E-state index in [1.165, 1.54) is 31.9 Å². The molecule has 4 rings (SSSR count). The summed E-state index contributed by atoms with van der Waals surface area (Å²) in [5.41, 5.74) is 1.69. The van der Waals surface area contributed by atoms with Crippen molar-refractivity contribution >= 4 is 20.9 Å². The molecule has 0 N–H and O–H groups in total. The Hall–Kier alpha value is -1.60. The smallest absolute Gasteiger partial charge is 0.408 e. The molecule has 7 heteroatoms. The summed E-state index contributed by atoms with van der Waals surface area (Å²) < 4.78 is 37.5. The van der Waals surface area contributed by atoms with E-state index in [9.17, 15) is 13.2 Å². The lowest BCUT2D eigenvalue weighted by Crippen LogP contribution is -2.31. The van der Waals surface area contributed by atoms with Crippen molar-refractivity contribution in [3.05, 3.63) is 28.2 Å². The minimum absolute atomic E-state index is 0.0735. The fourth-order valence-corrected chi connectivity index (χ4v) is 6.72. The zero-order chi connectivity index (χ0) is 22.2. The van der Waals surface area contributed by atoms with Crippen molar-refractivity contribution in [3.63, 3.8) is 0 Å². The third kappa shape index (κ3) is 4.77. The number of oxazole rings is 1. The minimum atomic E-state index is -3.36. The van der Waals surface area contributed by atoms with E-state index >= 15 is 0 Å². The maximum absolute atomic E-state index is 12.6. The van der Waals surface area contributed by atoms with Gasteiger partial charge in [-0.15, -0.1) is 0 Å². The van der Waals surface area contributed by atoms with Gasteiger partial charge in [0.1, 0.15) is 0 Å². The zero-order valence-corrected chi connectivity index (χ0v) is 19.7. The van der Waals surface area contributed by atoms with Crippen molar-refractivity contribution in [3.8, 4) is 0 Å². The maximum atomic E-state index is 12.6. The van der Waals surface area contributed by atoms with Crippen LogP contribution in [0.5, 0.6) is 0 Å². The second-order valence-electron chi connectivity index (χ2n) is 9.57. The molecule has 0 saturated heterocycles. The van der Waals surface area contributed by atoms with Crippen LogP contribution in [0.15, 0.2) is 26.2 Å². The highest BCUT2D eigenvalue weighted by Crippen LogP contribution is 2.42. The summed E-state index contributed by atoms with van der Waals surface area (Å²) in [5.74, 6) is 1.10. The van der Waals surface area contributed by atoms with Gasteiger partial charge in [0.2, 0.25) is 0 Å². The molecule has 0 atom stereocenters. The Bertz CT molecular complexity index is 1070. The number of benzene rings is 1. The van der Waals surface area contributed by atoms with Crippen molar-refractivity contribution in [2.75, 3.05) is 12.9 Å². The SMILES string of the molecule is CCCOC1CCC(C2CCC(n3c(=O)oc4cc(C)c(S(C)(=O)=O)cc43)CC2)CC1. The molecule has 2 aliphatic rings. The van der Waals surface area contributed by atoms with Gasteiger partial charge in [0.05, 0.1) is 16.5 Å². The number of hydrogen-bond acceptors (Lipinski definition) is 5. The third-order valence-electron chi connectivity index (χ3n) is 7.36. The second-order valence-corrected chi connectivity index (χ2v) is 11.6. The van der Waals surface area contributed by atoms with Gasteiger partial charge in [-0.3, -0.25) is 4.57 Å². The normalized spacial score (nSPS) is 27.6. The average molecular weight is 450 g/mol. The summed E-state index contributed by atoms with van der Waals surface area (Å²) in [4.78, 5) is 12.9. The lowest BCUT2D eigenvalue weighted by atomic mass is 9.72. The van der Waals surface area contributed by atoms with Crippen LogP contribution in [0, 0.1) is 18.8 Å². The molecule has 31 heavy (non-hydrogen) atoms. The van der Waals surface area contributed by atoms with Crippen molar-refractivity contribution in [1.82, 2.24) is 4.57 Å². The Morgan fingerprint density at radius 3 is 2.23 bits per heavy atom. The van der Waals surface area contributed by atoms with Crippen LogP contribution in [0.4, 0.5) is 0 Å². The first-order valence-corrected chi connectivity index (χ1v) is 13.6. The monoisotopic (exact) mass is 449 g/mol. The Balaban J connectivity index is 1.46. The van der Waals surface area contributed by atoms with Crippen molar-refractivity contribution < 1.29 is 17.6 Å². The summed E-state index contributed by atoms with van der Waals surface area (Å²) in [7, 11) is -3.36. The summed E-state index contributed by atoms with van der Waals surface area (Å²) in [6, 6.07) is 3.37. The molecule has 0 bridgehead atoms. The Labute approximate surface area is 184 Å². The third-order valence-corrected chi connectivity index (χ3v) is 8.60. The number of aromatic nitrogens is 1. The summed E-state index contributed by atoms with van der Waals surface area (Å²) in [5, 5.41) is 0. The molecular formula is C24H35NO5S. The van der Waals surface area contributed by atoms with Crippen LogP contribution in [-0.2, 0) is 14.6 Å². The minimum Gasteiger partial charge on any atom is -0.408 e. The van der Waals surface area contributed by atoms with Gasteiger partial charge < -0.3 is 9.15 Å². The molecule has 2 aromatic rings. The van der Waals surface area contributed by atoms with Crippen molar-refractivity contribution in [2.45, 2.75) is 88.7 Å². The molecule has 1 aromatic carbocycles. The highest BCUT2D eigenvalue weighted by Gasteiger charge is 2.33. The largest absolute Gasteiger partial charge is 0.420 e. The topological polar surface area (TPSA) is 78.5 Å². The number of hydrogen-bond donors (Lipinski definition) is 0. The van der Waals surface area contributed by atoms with Crippen LogP contribution in [0.2, 0.25) is 0 Å². The van der Waals surface area contributed by atoms with Crippen molar-refractivity contribution in [2.24, 2.45) is 11.8 Å². The molecule has 2 fully saturated rings. The predicted octanol–water partition coefficient (Wildman–Crippen LogP) is 5.02. The Morgan fingerprint density at radius 1 is 1.03 bits per heavy atom. The fraction of sp³-hybridized carbons (Fsp3) is 0.708. The lowest BCUT2D eigenvalue weighted by molar-refractivity contribution is 0.00756. The molecule has 0 unspecified atom stereocenters. The number of fused-ring (bicyclic) bond motifs is 1. The van der Waals surface area contributed by atoms with E-state index in [1.807, 2.05) is 0 Å². The van der Waals surface area contributed by atoms with Crippen LogP contribution in [0.25, 0.3) is 11.1 Å². The van der Waals surface area contributed by atoms with Gasteiger partial charge in [0.25, 0.3) is 0 Å². The molecular weight excluding hydrogens is 414 g/mol. The standard InChI is InChI=1S/C24H35NO5S/c1-4-13-29-20-11-7-18(8-12-20)17-5-9-19(10-6-17)25-21-15-23(31(3,27)28)16(2)14-22(21)30-24(25)26/h14-15,17-20H,4-13H2,1-3H3. The lowest BCUT2D eigenvalue weighted by Gasteiger charge is -2.37. The van der Waals surface area contributed by atoms with Crippen molar-refractivity contribution in [1.29, 1.82) is 0 Å². The van der Waals surface area contributed by atoms with Crippen LogP contribution in [-0.4, -0.2) is 32.0 Å². The second kappa shape index (κ2) is 9.10. The van der Waals surface area contributed by atoms with Gasteiger partial charge in [-0.2, -0.15) is 0 Å². The number of nitrogens with zero attached hydrogens (tertiary/aromatic N) is 1. The van der Waals surface area contributed by atoms with E-state index in [2.05, 4.69) is 6.92 Å². The van der Waals surface area contributed by atoms with Gasteiger partial charge in [-0.05, 0) is 94.2 Å². The summed E-state index contributed by atoms with van der Waals surface area (Å²) >= 11 is 0. The van der Waals surface area contributed by atoms with Gasteiger partial charge in [0, 0.05) is 18.9 Å². The van der Waals surface area contributed by atoms with E-state index in [0.717, 1.165) is 44.6 Å². The molecule has 0 radical (unpaired) electrons. The molecule has 1 heterocycles. The predicted molar refractivity (Wildman–Crippen MR) is 121 cm³/mol. The zero-order valence-electron chi connectivity index (χ0n) is 18.9. The van der Waals surface area contributed by atoms with Gasteiger partial charge in [-0.1, -0.05) is 6.92 Å². The highest BCUT2D eigenvalue weighted by molar-refractivity contribution is 7.90. The van der Waals surface area contributed by atoms with Gasteiger partial charge in [-0.25, -0.2) is 13.2 Å². The molecule has 0 aliphatic heterocycles. The van der Waals surface area contributed by atoms with E-state index < -0.39 is 9.84 Å². The first-order valence-electron chi connectivity index (χ1n) is 11.7. The average Bonchev–Trinajstić information content (AvgIpc) is 3.06. The van der Waals surface area contributed by atoms with E-state index in [4.69, 9.17) is 9.15 Å². The Morgan fingerprint density at radius 2 is 1.65 bits per heavy atom. The number of aryl methyl sites for hydroxylation is 1. The Kier molecular flexibility index (Phi) is 6.63. The van der Waals surface area contributed by atoms with Crippen LogP contribution >= 0.6 is 0 Å². The summed E-state index contributed by atoms with van der Waals surface area (Å²) in [6.07, 6.45) is 11.7. The molecule has 6 nitrogen and oxygen atoms in total. The van der Waals surface area contributed by atoms with E-state index in [-0.39, 0.29) is 16.7 Å². The van der Waals surface area contributed by atoms with E-state index in [0.29, 0.717) is 28.7 Å². The number of ether oxygens (including phenoxy) is 1. The first-order chi connectivity index (χ1) is 14.8. The molecule has 172 valence electrons. The molecule has 2 saturated carbocycles. The number of sulfone groups is 1. The van der Waals surface area contributed by atoms with E-state index in [1.54, 1.807) is 23.6 Å². The van der Waals surface area contributed by atoms with Gasteiger partial charge in [0.15, 0.2) is 15.4 Å². The van der Waals surface area contributed by atoms with Crippen LogP contribution in [0.1, 0.15) is 76.3 Å². The maximum Gasteiger partial charge on any atom is 0.420 e.